The van der Waals surface area contributed by atoms with Crippen molar-refractivity contribution in [1.29, 1.82) is 0 Å². The number of rotatable bonds is 9. The number of carbonyl (C=O) groups is 2. The molecule has 162 valence electrons. The molecule has 0 heterocycles. The van der Waals surface area contributed by atoms with E-state index in [-0.39, 0.29) is 35.0 Å². The molecule has 30 heavy (non-hydrogen) atoms. The molecule has 0 saturated carbocycles. The van der Waals surface area contributed by atoms with Gasteiger partial charge in [0.05, 0.1) is 0 Å². The summed E-state index contributed by atoms with van der Waals surface area (Å²) in [5, 5.41) is 48.9. The van der Waals surface area contributed by atoms with E-state index in [9.17, 15) is 35.1 Å². The van der Waals surface area contributed by atoms with Crippen molar-refractivity contribution in [3.05, 3.63) is 35.4 Å². The van der Waals surface area contributed by atoms with Gasteiger partial charge < -0.3 is 30.3 Å². The zero-order chi connectivity index (χ0) is 22.6. The second-order valence-electron chi connectivity index (χ2n) is 7.14. The maximum Gasteiger partial charge on any atom is 0.203 e. The van der Waals surface area contributed by atoms with Gasteiger partial charge in [0.25, 0.3) is 0 Å². The number of hydrogen-bond donors (Lipinski definition) is 5. The zero-order valence-electron chi connectivity index (χ0n) is 17.0. The lowest BCUT2D eigenvalue weighted by Gasteiger charge is -2.19. The van der Waals surface area contributed by atoms with Gasteiger partial charge in [0.2, 0.25) is 11.5 Å². The first-order chi connectivity index (χ1) is 14.1. The molecule has 8 heteroatoms. The molecule has 0 bridgehead atoms. The normalized spacial score (nSPS) is 12.9. The van der Waals surface area contributed by atoms with E-state index in [2.05, 4.69) is 0 Å². The molecule has 0 aromatic heterocycles. The van der Waals surface area contributed by atoms with E-state index in [0.717, 1.165) is 24.6 Å². The topological polar surface area (TPSA) is 145 Å². The average Bonchev–Trinajstić information content (AvgIpc) is 2.71. The molecule has 0 saturated heterocycles. The highest BCUT2D eigenvalue weighted by molar-refractivity contribution is 6.01. The van der Waals surface area contributed by atoms with E-state index in [1.165, 1.54) is 6.07 Å². The van der Waals surface area contributed by atoms with Gasteiger partial charge in [-0.25, -0.2) is 0 Å². The molecule has 2 unspecified atom stereocenters. The van der Waals surface area contributed by atoms with E-state index in [0.29, 0.717) is 6.42 Å². The Morgan fingerprint density at radius 3 is 1.83 bits per heavy atom. The third-order valence-corrected chi connectivity index (χ3v) is 4.80. The van der Waals surface area contributed by atoms with Gasteiger partial charge in [-0.1, -0.05) is 27.2 Å². The lowest BCUT2D eigenvalue weighted by Crippen LogP contribution is -2.27. The molecular weight excluding hydrogens is 392 g/mol. The minimum Gasteiger partial charge on any atom is -0.504 e. The van der Waals surface area contributed by atoms with Crippen LogP contribution in [0.1, 0.15) is 60.7 Å². The number of ether oxygens (including phenoxy) is 1. The fraction of sp³-hybridized carbons (Fsp3) is 0.364. The quantitative estimate of drug-likeness (QED) is 0.305. The lowest BCUT2D eigenvalue weighted by molar-refractivity contribution is 0.0780. The van der Waals surface area contributed by atoms with Crippen LogP contribution < -0.4 is 4.74 Å². The third-order valence-electron chi connectivity index (χ3n) is 4.80. The predicted molar refractivity (Wildman–Crippen MR) is 109 cm³/mol. The van der Waals surface area contributed by atoms with Crippen LogP contribution >= 0.6 is 0 Å². The summed E-state index contributed by atoms with van der Waals surface area (Å²) in [5.74, 6) is -4.68. The number of benzene rings is 2. The number of carbonyl (C=O) groups excluding carboxylic acids is 2. The van der Waals surface area contributed by atoms with Gasteiger partial charge >= 0.3 is 0 Å². The fourth-order valence-corrected chi connectivity index (χ4v) is 3.08. The molecule has 2 atom stereocenters. The standard InChI is InChI=1S/C22H26O8/c1-4-6-11(3)19(26)13-9-16(25)22(29)18(10-13)30-17(5-2)20(27)12-7-14(23)21(28)15(24)8-12/h7-11,17,23-25,28-29H,4-6H2,1-3H3. The number of Topliss-reactive ketones (excluding diaryl/α,β-unsaturated/α-hetero) is 2. The summed E-state index contributed by atoms with van der Waals surface area (Å²) in [6.45, 7) is 5.35. The lowest BCUT2D eigenvalue weighted by atomic mass is 9.95. The smallest absolute Gasteiger partial charge is 0.203 e. The van der Waals surface area contributed by atoms with Crippen molar-refractivity contribution >= 4 is 11.6 Å². The highest BCUT2D eigenvalue weighted by Crippen LogP contribution is 2.39. The molecule has 2 aromatic carbocycles. The van der Waals surface area contributed by atoms with E-state index >= 15 is 0 Å². The van der Waals surface area contributed by atoms with Crippen molar-refractivity contribution in [3.8, 4) is 34.5 Å². The van der Waals surface area contributed by atoms with Crippen LogP contribution in [0.2, 0.25) is 0 Å². The van der Waals surface area contributed by atoms with E-state index in [1.54, 1.807) is 13.8 Å². The first-order valence-electron chi connectivity index (χ1n) is 9.66. The fourth-order valence-electron chi connectivity index (χ4n) is 3.08. The molecule has 0 aliphatic carbocycles. The monoisotopic (exact) mass is 418 g/mol. The van der Waals surface area contributed by atoms with Crippen molar-refractivity contribution in [2.45, 2.75) is 46.1 Å². The SMILES string of the molecule is CCCC(C)C(=O)c1cc(O)c(O)c(OC(CC)C(=O)c2cc(O)c(O)c(O)c2)c1. The third kappa shape index (κ3) is 4.76. The Hall–Kier alpha value is -3.42. The van der Waals surface area contributed by atoms with Crippen LogP contribution in [-0.4, -0.2) is 43.2 Å². The maximum atomic E-state index is 12.8. The highest BCUT2D eigenvalue weighted by atomic mass is 16.5. The number of phenols is 5. The molecule has 0 amide bonds. The van der Waals surface area contributed by atoms with Crippen molar-refractivity contribution in [2.24, 2.45) is 5.92 Å². The van der Waals surface area contributed by atoms with Crippen molar-refractivity contribution in [1.82, 2.24) is 0 Å². The van der Waals surface area contributed by atoms with Crippen molar-refractivity contribution in [3.63, 3.8) is 0 Å². The molecule has 5 N–H and O–H groups in total. The van der Waals surface area contributed by atoms with E-state index in [1.807, 2.05) is 6.92 Å². The Morgan fingerprint density at radius 1 is 0.833 bits per heavy atom. The second-order valence-corrected chi connectivity index (χ2v) is 7.14. The molecule has 0 radical (unpaired) electrons. The first-order valence-corrected chi connectivity index (χ1v) is 9.66. The van der Waals surface area contributed by atoms with Crippen molar-refractivity contribution in [2.75, 3.05) is 0 Å². The van der Waals surface area contributed by atoms with Crippen LogP contribution in [0.15, 0.2) is 24.3 Å². The molecular formula is C22H26O8. The second kappa shape index (κ2) is 9.39. The van der Waals surface area contributed by atoms with Gasteiger partial charge in [0, 0.05) is 17.0 Å². The maximum absolute atomic E-state index is 12.8. The van der Waals surface area contributed by atoms with Gasteiger partial charge in [-0.3, -0.25) is 9.59 Å². The van der Waals surface area contributed by atoms with Crippen molar-refractivity contribution < 1.29 is 39.9 Å². The Labute approximate surface area is 174 Å². The Balaban J connectivity index is 2.36. The predicted octanol–water partition coefficient (Wildman–Crippen LogP) is 3.87. The van der Waals surface area contributed by atoms with Crippen LogP contribution in [0.4, 0.5) is 0 Å². The summed E-state index contributed by atoms with van der Waals surface area (Å²) in [7, 11) is 0. The molecule has 0 fully saturated rings. The van der Waals surface area contributed by atoms with E-state index in [4.69, 9.17) is 4.74 Å². The Kier molecular flexibility index (Phi) is 7.15. The van der Waals surface area contributed by atoms with Gasteiger partial charge in [-0.15, -0.1) is 0 Å². The summed E-state index contributed by atoms with van der Waals surface area (Å²) in [6, 6.07) is 4.38. The van der Waals surface area contributed by atoms with Gasteiger partial charge in [0.1, 0.15) is 0 Å². The average molecular weight is 418 g/mol. The minimum atomic E-state index is -1.16. The molecule has 0 aliphatic rings. The minimum absolute atomic E-state index is 0.123. The number of aromatic hydroxyl groups is 5. The van der Waals surface area contributed by atoms with E-state index < -0.39 is 40.6 Å². The number of phenolic OH excluding ortho intramolecular Hbond substituents is 5. The Morgan fingerprint density at radius 2 is 1.33 bits per heavy atom. The highest BCUT2D eigenvalue weighted by Gasteiger charge is 2.26. The molecule has 2 rings (SSSR count). The van der Waals surface area contributed by atoms with Crippen LogP contribution in [-0.2, 0) is 0 Å². The summed E-state index contributed by atoms with van der Waals surface area (Å²) in [6.07, 6.45) is 0.447. The summed E-state index contributed by atoms with van der Waals surface area (Å²) >= 11 is 0. The summed E-state index contributed by atoms with van der Waals surface area (Å²) in [5.41, 5.74) is 0.0191. The first kappa shape index (κ1) is 22.9. The van der Waals surface area contributed by atoms with Gasteiger partial charge in [0.15, 0.2) is 40.6 Å². The summed E-state index contributed by atoms with van der Waals surface area (Å²) in [4.78, 5) is 25.3. The molecule has 0 spiro atoms. The molecule has 2 aromatic rings. The van der Waals surface area contributed by atoms with Crippen LogP contribution in [0.3, 0.4) is 0 Å². The largest absolute Gasteiger partial charge is 0.504 e. The number of hydrogen-bond acceptors (Lipinski definition) is 8. The van der Waals surface area contributed by atoms with Crippen LogP contribution in [0.25, 0.3) is 0 Å². The zero-order valence-corrected chi connectivity index (χ0v) is 17.0. The number of ketones is 2. The molecule has 0 aliphatic heterocycles. The molecule has 8 nitrogen and oxygen atoms in total. The van der Waals surface area contributed by atoms with Gasteiger partial charge in [-0.2, -0.15) is 0 Å². The Bertz CT molecular complexity index is 927. The summed E-state index contributed by atoms with van der Waals surface area (Å²) < 4.78 is 5.59. The van der Waals surface area contributed by atoms with Crippen LogP contribution in [0.5, 0.6) is 34.5 Å². The van der Waals surface area contributed by atoms with Crippen LogP contribution in [0, 0.1) is 5.92 Å². The van der Waals surface area contributed by atoms with Gasteiger partial charge in [-0.05, 0) is 37.1 Å².